The van der Waals surface area contributed by atoms with Gasteiger partial charge in [0.05, 0.1) is 13.2 Å². The zero-order chi connectivity index (χ0) is 13.1. The van der Waals surface area contributed by atoms with E-state index >= 15 is 0 Å². The van der Waals surface area contributed by atoms with Crippen molar-refractivity contribution >= 4 is 0 Å². The topological polar surface area (TPSA) is 12.5 Å². The molecule has 2 heteroatoms. The third-order valence-corrected chi connectivity index (χ3v) is 2.88. The molecule has 0 saturated carbocycles. The van der Waals surface area contributed by atoms with E-state index in [1.807, 2.05) is 0 Å². The predicted molar refractivity (Wildman–Crippen MR) is 72.6 cm³/mol. The molecule has 0 aliphatic carbocycles. The standard InChI is InChI=1S/C15H25NO/c1-12(2)14(13-10-8-7-9-11-13)16(17-6)15(3,4)5/h7-12,14H,1-6H3. The minimum atomic E-state index is -0.0144. The lowest BCUT2D eigenvalue weighted by Gasteiger charge is -2.41. The summed E-state index contributed by atoms with van der Waals surface area (Å²) in [4.78, 5) is 5.63. The maximum Gasteiger partial charge on any atom is 0.0630 e. The summed E-state index contributed by atoms with van der Waals surface area (Å²) in [5, 5.41) is 2.09. The van der Waals surface area contributed by atoms with E-state index in [1.54, 1.807) is 7.11 Å². The highest BCUT2D eigenvalue weighted by molar-refractivity contribution is 5.19. The first kappa shape index (κ1) is 14.2. The molecule has 0 spiro atoms. The summed E-state index contributed by atoms with van der Waals surface area (Å²) < 4.78 is 0. The highest BCUT2D eigenvalue weighted by atomic mass is 16.7. The molecule has 0 amide bonds. The van der Waals surface area contributed by atoms with Crippen LogP contribution in [0.15, 0.2) is 30.3 Å². The number of hydrogen-bond donors (Lipinski definition) is 0. The van der Waals surface area contributed by atoms with Crippen LogP contribution in [0.2, 0.25) is 0 Å². The second-order valence-electron chi connectivity index (χ2n) is 5.78. The Balaban J connectivity index is 3.09. The zero-order valence-corrected chi connectivity index (χ0v) is 11.9. The van der Waals surface area contributed by atoms with Crippen LogP contribution in [0.4, 0.5) is 0 Å². The van der Waals surface area contributed by atoms with Crippen LogP contribution in [-0.4, -0.2) is 17.7 Å². The molecular formula is C15H25NO. The minimum absolute atomic E-state index is 0.0144. The molecule has 0 fully saturated rings. The van der Waals surface area contributed by atoms with Crippen molar-refractivity contribution in [2.75, 3.05) is 7.11 Å². The molecule has 0 saturated heterocycles. The molecule has 0 aliphatic heterocycles. The molecule has 0 radical (unpaired) electrons. The summed E-state index contributed by atoms with van der Waals surface area (Å²) >= 11 is 0. The van der Waals surface area contributed by atoms with Crippen LogP contribution in [0, 0.1) is 5.92 Å². The zero-order valence-electron chi connectivity index (χ0n) is 11.9. The third-order valence-electron chi connectivity index (χ3n) is 2.88. The Hall–Kier alpha value is -0.860. The Bertz CT molecular complexity index is 327. The Kier molecular flexibility index (Phi) is 4.72. The molecule has 0 N–H and O–H groups in total. The average Bonchev–Trinajstić information content (AvgIpc) is 2.24. The van der Waals surface area contributed by atoms with Gasteiger partial charge in [-0.25, -0.2) is 0 Å². The molecule has 1 aromatic carbocycles. The van der Waals surface area contributed by atoms with Gasteiger partial charge in [0, 0.05) is 5.54 Å². The van der Waals surface area contributed by atoms with Crippen molar-refractivity contribution in [3.63, 3.8) is 0 Å². The fourth-order valence-corrected chi connectivity index (χ4v) is 2.25. The van der Waals surface area contributed by atoms with E-state index in [2.05, 4.69) is 70.0 Å². The van der Waals surface area contributed by atoms with Crippen molar-refractivity contribution in [2.24, 2.45) is 5.92 Å². The first-order valence-corrected chi connectivity index (χ1v) is 6.26. The van der Waals surface area contributed by atoms with Crippen LogP contribution < -0.4 is 0 Å². The molecular weight excluding hydrogens is 210 g/mol. The fourth-order valence-electron chi connectivity index (χ4n) is 2.25. The normalized spacial score (nSPS) is 14.4. The van der Waals surface area contributed by atoms with Crippen molar-refractivity contribution in [1.82, 2.24) is 5.06 Å². The van der Waals surface area contributed by atoms with Crippen LogP contribution in [0.5, 0.6) is 0 Å². The van der Waals surface area contributed by atoms with Crippen molar-refractivity contribution in [3.05, 3.63) is 35.9 Å². The van der Waals surface area contributed by atoms with Gasteiger partial charge in [-0.3, -0.25) is 0 Å². The number of rotatable bonds is 4. The largest absolute Gasteiger partial charge is 0.301 e. The van der Waals surface area contributed by atoms with Crippen molar-refractivity contribution < 1.29 is 4.84 Å². The van der Waals surface area contributed by atoms with Gasteiger partial charge in [0.15, 0.2) is 0 Å². The lowest BCUT2D eigenvalue weighted by molar-refractivity contribution is -0.225. The van der Waals surface area contributed by atoms with Gasteiger partial charge in [0.2, 0.25) is 0 Å². The molecule has 0 heterocycles. The number of nitrogens with zero attached hydrogens (tertiary/aromatic N) is 1. The second-order valence-corrected chi connectivity index (χ2v) is 5.78. The van der Waals surface area contributed by atoms with Crippen LogP contribution in [-0.2, 0) is 4.84 Å². The lowest BCUT2D eigenvalue weighted by atomic mass is 9.92. The van der Waals surface area contributed by atoms with E-state index < -0.39 is 0 Å². The van der Waals surface area contributed by atoms with Gasteiger partial charge in [0.25, 0.3) is 0 Å². The summed E-state index contributed by atoms with van der Waals surface area (Å²) in [7, 11) is 1.75. The predicted octanol–water partition coefficient (Wildman–Crippen LogP) is 4.05. The first-order chi connectivity index (χ1) is 7.88. The maximum absolute atomic E-state index is 5.63. The van der Waals surface area contributed by atoms with E-state index in [-0.39, 0.29) is 11.6 Å². The summed E-state index contributed by atoms with van der Waals surface area (Å²) in [5.74, 6) is 0.497. The van der Waals surface area contributed by atoms with Gasteiger partial charge in [0.1, 0.15) is 0 Å². The Morgan fingerprint density at radius 2 is 1.59 bits per heavy atom. The Labute approximate surface area is 106 Å². The SMILES string of the molecule is CON(C(c1ccccc1)C(C)C)C(C)(C)C. The molecule has 1 rings (SSSR count). The van der Waals surface area contributed by atoms with Gasteiger partial charge in [-0.1, -0.05) is 44.2 Å². The van der Waals surface area contributed by atoms with Gasteiger partial charge in [-0.2, -0.15) is 5.06 Å². The average molecular weight is 235 g/mol. The molecule has 2 nitrogen and oxygen atoms in total. The van der Waals surface area contributed by atoms with Crippen molar-refractivity contribution in [1.29, 1.82) is 0 Å². The van der Waals surface area contributed by atoms with Gasteiger partial charge < -0.3 is 4.84 Å². The van der Waals surface area contributed by atoms with Gasteiger partial charge >= 0.3 is 0 Å². The first-order valence-electron chi connectivity index (χ1n) is 6.26. The second kappa shape index (κ2) is 5.65. The molecule has 0 aromatic heterocycles. The molecule has 1 aromatic rings. The van der Waals surface area contributed by atoms with E-state index in [4.69, 9.17) is 4.84 Å². The monoisotopic (exact) mass is 235 g/mol. The number of hydrogen-bond acceptors (Lipinski definition) is 2. The van der Waals surface area contributed by atoms with Crippen LogP contribution in [0.1, 0.15) is 46.2 Å². The summed E-state index contributed by atoms with van der Waals surface area (Å²) in [6, 6.07) is 10.8. The van der Waals surface area contributed by atoms with Crippen LogP contribution in [0.3, 0.4) is 0 Å². The van der Waals surface area contributed by atoms with Crippen molar-refractivity contribution in [2.45, 2.75) is 46.2 Å². The Morgan fingerprint density at radius 1 is 1.06 bits per heavy atom. The molecule has 96 valence electrons. The lowest BCUT2D eigenvalue weighted by Crippen LogP contribution is -2.44. The van der Waals surface area contributed by atoms with E-state index in [0.717, 1.165) is 0 Å². The molecule has 1 unspecified atom stereocenters. The molecule has 0 aliphatic rings. The summed E-state index contributed by atoms with van der Waals surface area (Å²) in [6.45, 7) is 11.0. The van der Waals surface area contributed by atoms with E-state index in [9.17, 15) is 0 Å². The molecule has 1 atom stereocenters. The highest BCUT2D eigenvalue weighted by Crippen LogP contribution is 2.33. The summed E-state index contributed by atoms with van der Waals surface area (Å²) in [5.41, 5.74) is 1.29. The highest BCUT2D eigenvalue weighted by Gasteiger charge is 2.32. The maximum atomic E-state index is 5.63. The van der Waals surface area contributed by atoms with Crippen LogP contribution in [0.25, 0.3) is 0 Å². The number of hydroxylamine groups is 2. The van der Waals surface area contributed by atoms with E-state index in [1.165, 1.54) is 5.56 Å². The summed E-state index contributed by atoms with van der Waals surface area (Å²) in [6.07, 6.45) is 0. The van der Waals surface area contributed by atoms with E-state index in [0.29, 0.717) is 5.92 Å². The number of benzene rings is 1. The molecule has 17 heavy (non-hydrogen) atoms. The fraction of sp³-hybridized carbons (Fsp3) is 0.600. The Morgan fingerprint density at radius 3 is 1.94 bits per heavy atom. The quantitative estimate of drug-likeness (QED) is 0.730. The smallest absolute Gasteiger partial charge is 0.0630 e. The third kappa shape index (κ3) is 3.55. The van der Waals surface area contributed by atoms with Crippen molar-refractivity contribution in [3.8, 4) is 0 Å². The van der Waals surface area contributed by atoms with Gasteiger partial charge in [-0.05, 0) is 32.3 Å². The minimum Gasteiger partial charge on any atom is -0.301 e. The van der Waals surface area contributed by atoms with Gasteiger partial charge in [-0.15, -0.1) is 0 Å². The van der Waals surface area contributed by atoms with Crippen LogP contribution >= 0.6 is 0 Å². The molecule has 0 bridgehead atoms.